The second kappa shape index (κ2) is 4.67. The summed E-state index contributed by atoms with van der Waals surface area (Å²) in [5.74, 6) is 0. The molecule has 4 nitrogen and oxygen atoms in total. The molecular weight excluding hydrogens is 202 g/mol. The second-order valence-corrected chi connectivity index (χ2v) is 3.92. The molecule has 2 amide bonds. The van der Waals surface area contributed by atoms with Gasteiger partial charge in [0.25, 0.3) is 0 Å². The summed E-state index contributed by atoms with van der Waals surface area (Å²) in [6.45, 7) is 0. The molecule has 0 saturated heterocycles. The zero-order valence-corrected chi connectivity index (χ0v) is 8.86. The number of carbonyl (C=O) groups excluding carboxylic acids is 1. The predicted molar refractivity (Wildman–Crippen MR) is 61.0 cm³/mol. The molecule has 1 aromatic carbocycles. The number of nitrogens with one attached hydrogen (secondary N) is 2. The summed E-state index contributed by atoms with van der Waals surface area (Å²) in [4.78, 5) is 11.5. The average molecular weight is 215 g/mol. The molecule has 0 atom stereocenters. The monoisotopic (exact) mass is 215 g/mol. The van der Waals surface area contributed by atoms with Crippen molar-refractivity contribution in [2.24, 2.45) is 0 Å². The van der Waals surface area contributed by atoms with Gasteiger partial charge in [-0.1, -0.05) is 0 Å². The van der Waals surface area contributed by atoms with Gasteiger partial charge in [-0.05, 0) is 43.5 Å². The second-order valence-electron chi connectivity index (χ2n) is 3.92. The SMILES string of the molecule is N#Cc1ccc(NC(=O)NC2CCC2)cc1. The Balaban J connectivity index is 1.87. The van der Waals surface area contributed by atoms with Gasteiger partial charge in [-0.3, -0.25) is 0 Å². The van der Waals surface area contributed by atoms with Crippen LogP contribution in [0.2, 0.25) is 0 Å². The molecule has 0 heterocycles. The van der Waals surface area contributed by atoms with Crippen LogP contribution >= 0.6 is 0 Å². The van der Waals surface area contributed by atoms with Gasteiger partial charge in [0.1, 0.15) is 0 Å². The van der Waals surface area contributed by atoms with Crippen molar-refractivity contribution in [1.29, 1.82) is 5.26 Å². The number of rotatable bonds is 2. The van der Waals surface area contributed by atoms with E-state index in [1.807, 2.05) is 6.07 Å². The van der Waals surface area contributed by atoms with Crippen LogP contribution in [0.3, 0.4) is 0 Å². The van der Waals surface area contributed by atoms with Crippen LogP contribution in [-0.4, -0.2) is 12.1 Å². The van der Waals surface area contributed by atoms with Crippen LogP contribution in [0.15, 0.2) is 24.3 Å². The van der Waals surface area contributed by atoms with E-state index in [4.69, 9.17) is 5.26 Å². The molecule has 4 heteroatoms. The number of nitrogens with zero attached hydrogens (tertiary/aromatic N) is 1. The quantitative estimate of drug-likeness (QED) is 0.794. The first-order chi connectivity index (χ1) is 7.78. The summed E-state index contributed by atoms with van der Waals surface area (Å²) < 4.78 is 0. The summed E-state index contributed by atoms with van der Waals surface area (Å²) in [5, 5.41) is 14.2. The molecule has 1 aromatic rings. The summed E-state index contributed by atoms with van der Waals surface area (Å²) in [6, 6.07) is 8.99. The topological polar surface area (TPSA) is 64.9 Å². The largest absolute Gasteiger partial charge is 0.335 e. The van der Waals surface area contributed by atoms with Crippen LogP contribution in [0.1, 0.15) is 24.8 Å². The molecule has 1 aliphatic carbocycles. The van der Waals surface area contributed by atoms with E-state index in [2.05, 4.69) is 10.6 Å². The minimum Gasteiger partial charge on any atom is -0.335 e. The molecule has 16 heavy (non-hydrogen) atoms. The van der Waals surface area contributed by atoms with Crippen LogP contribution in [0, 0.1) is 11.3 Å². The van der Waals surface area contributed by atoms with Crippen molar-refractivity contribution in [3.8, 4) is 6.07 Å². The van der Waals surface area contributed by atoms with Gasteiger partial charge in [0.2, 0.25) is 0 Å². The van der Waals surface area contributed by atoms with E-state index in [-0.39, 0.29) is 6.03 Å². The third kappa shape index (κ3) is 2.51. The molecule has 0 bridgehead atoms. The minimum absolute atomic E-state index is 0.172. The highest BCUT2D eigenvalue weighted by atomic mass is 16.2. The molecular formula is C12H13N3O. The molecule has 0 aliphatic heterocycles. The van der Waals surface area contributed by atoms with E-state index in [1.165, 1.54) is 6.42 Å². The molecule has 0 unspecified atom stereocenters. The van der Waals surface area contributed by atoms with Gasteiger partial charge in [-0.15, -0.1) is 0 Å². The van der Waals surface area contributed by atoms with E-state index in [0.29, 0.717) is 17.3 Å². The molecule has 1 aliphatic rings. The van der Waals surface area contributed by atoms with Crippen molar-refractivity contribution < 1.29 is 4.79 Å². The van der Waals surface area contributed by atoms with Crippen LogP contribution in [0.4, 0.5) is 10.5 Å². The van der Waals surface area contributed by atoms with Crippen LogP contribution in [0.5, 0.6) is 0 Å². The van der Waals surface area contributed by atoms with Crippen LogP contribution in [0.25, 0.3) is 0 Å². The Hall–Kier alpha value is -2.02. The smallest absolute Gasteiger partial charge is 0.319 e. The number of anilines is 1. The summed E-state index contributed by atoms with van der Waals surface area (Å²) in [6.07, 6.45) is 3.34. The molecule has 0 aromatic heterocycles. The van der Waals surface area contributed by atoms with Crippen LogP contribution in [-0.2, 0) is 0 Å². The standard InChI is InChI=1S/C12H13N3O/c13-8-9-4-6-11(7-5-9)15-12(16)14-10-2-1-3-10/h4-7,10H,1-3H2,(H2,14,15,16). The lowest BCUT2D eigenvalue weighted by Gasteiger charge is -2.26. The molecule has 2 rings (SSSR count). The van der Waals surface area contributed by atoms with Crippen molar-refractivity contribution in [2.75, 3.05) is 5.32 Å². The normalized spacial score (nSPS) is 14.7. The highest BCUT2D eigenvalue weighted by Gasteiger charge is 2.19. The fourth-order valence-electron chi connectivity index (χ4n) is 1.53. The molecule has 0 spiro atoms. The minimum atomic E-state index is -0.172. The van der Waals surface area contributed by atoms with E-state index >= 15 is 0 Å². The first-order valence-electron chi connectivity index (χ1n) is 5.35. The maximum Gasteiger partial charge on any atom is 0.319 e. The Morgan fingerprint density at radius 1 is 1.31 bits per heavy atom. The van der Waals surface area contributed by atoms with Crippen molar-refractivity contribution in [1.82, 2.24) is 5.32 Å². The zero-order chi connectivity index (χ0) is 11.4. The van der Waals surface area contributed by atoms with Crippen molar-refractivity contribution in [2.45, 2.75) is 25.3 Å². The fraction of sp³-hybridized carbons (Fsp3) is 0.333. The lowest BCUT2D eigenvalue weighted by atomic mass is 9.93. The van der Waals surface area contributed by atoms with Crippen molar-refractivity contribution in [3.63, 3.8) is 0 Å². The number of urea groups is 1. The van der Waals surface area contributed by atoms with Crippen LogP contribution < -0.4 is 10.6 Å². The number of nitriles is 1. The average Bonchev–Trinajstić information content (AvgIpc) is 2.25. The summed E-state index contributed by atoms with van der Waals surface area (Å²) >= 11 is 0. The Morgan fingerprint density at radius 2 is 2.00 bits per heavy atom. The Kier molecular flexibility index (Phi) is 3.06. The maximum atomic E-state index is 11.5. The van der Waals surface area contributed by atoms with E-state index in [9.17, 15) is 4.79 Å². The Morgan fingerprint density at radius 3 is 2.50 bits per heavy atom. The highest BCUT2D eigenvalue weighted by molar-refractivity contribution is 5.89. The Bertz CT molecular complexity index is 415. The van der Waals surface area contributed by atoms with Gasteiger partial charge in [-0.25, -0.2) is 4.79 Å². The van der Waals surface area contributed by atoms with E-state index in [0.717, 1.165) is 12.8 Å². The molecule has 1 saturated carbocycles. The number of hydrogen-bond acceptors (Lipinski definition) is 2. The fourth-order valence-corrected chi connectivity index (χ4v) is 1.53. The lowest BCUT2D eigenvalue weighted by molar-refractivity contribution is 0.240. The molecule has 82 valence electrons. The maximum absolute atomic E-state index is 11.5. The van der Waals surface area contributed by atoms with Crippen molar-refractivity contribution >= 4 is 11.7 Å². The highest BCUT2D eigenvalue weighted by Crippen LogP contribution is 2.18. The third-order valence-corrected chi connectivity index (χ3v) is 2.71. The van der Waals surface area contributed by atoms with E-state index < -0.39 is 0 Å². The molecule has 1 fully saturated rings. The first-order valence-corrected chi connectivity index (χ1v) is 5.35. The number of carbonyl (C=O) groups is 1. The van der Waals surface area contributed by atoms with E-state index in [1.54, 1.807) is 24.3 Å². The summed E-state index contributed by atoms with van der Waals surface area (Å²) in [7, 11) is 0. The zero-order valence-electron chi connectivity index (χ0n) is 8.86. The number of hydrogen-bond donors (Lipinski definition) is 2. The first kappa shape index (κ1) is 10.5. The van der Waals surface area contributed by atoms with Gasteiger partial charge in [0.15, 0.2) is 0 Å². The Labute approximate surface area is 94.3 Å². The van der Waals surface area contributed by atoms with Gasteiger partial charge in [0, 0.05) is 11.7 Å². The lowest BCUT2D eigenvalue weighted by Crippen LogP contribution is -2.41. The van der Waals surface area contributed by atoms with Gasteiger partial charge in [0.05, 0.1) is 11.6 Å². The number of amides is 2. The predicted octanol–water partition coefficient (Wildman–Crippen LogP) is 2.23. The third-order valence-electron chi connectivity index (χ3n) is 2.71. The van der Waals surface area contributed by atoms with Gasteiger partial charge >= 0.3 is 6.03 Å². The van der Waals surface area contributed by atoms with Gasteiger partial charge < -0.3 is 10.6 Å². The van der Waals surface area contributed by atoms with Gasteiger partial charge in [-0.2, -0.15) is 5.26 Å². The molecule has 0 radical (unpaired) electrons. The molecule has 2 N–H and O–H groups in total. The van der Waals surface area contributed by atoms with Crippen molar-refractivity contribution in [3.05, 3.63) is 29.8 Å². The number of benzene rings is 1. The summed E-state index contributed by atoms with van der Waals surface area (Å²) in [5.41, 5.74) is 1.29.